The number of allylic oxidation sites excluding steroid dienone is 18. The van der Waals surface area contributed by atoms with Gasteiger partial charge < -0.3 is 18.9 Å². The van der Waals surface area contributed by atoms with Gasteiger partial charge in [-0.3, -0.25) is 0 Å². The highest BCUT2D eigenvalue weighted by Gasteiger charge is 2.15. The first-order chi connectivity index (χ1) is 29.2. The summed E-state index contributed by atoms with van der Waals surface area (Å²) in [6, 6.07) is 2.08. The molecule has 4 heteroatoms. The maximum absolute atomic E-state index is 5.99. The van der Waals surface area contributed by atoms with Gasteiger partial charge >= 0.3 is 0 Å². The van der Waals surface area contributed by atoms with Crippen LogP contribution in [0, 0.1) is 13.8 Å². The van der Waals surface area contributed by atoms with Gasteiger partial charge in [-0.1, -0.05) is 105 Å². The smallest absolute Gasteiger partial charge is 0.188 e. The molecule has 0 amide bonds. The van der Waals surface area contributed by atoms with Crippen molar-refractivity contribution in [2.24, 2.45) is 0 Å². The standard InChI is InChI=1S/C57H90O4/c1-44(2)23-15-24-45(3)25-16-26-46(4)27-17-28-47(5)29-18-30-48(6)31-19-32-49(7)33-20-34-50(8)35-21-36-51(9)37-22-38-52(10)39-40-55-41-56(60-42-58-13)53(11)54(12)57(55)61-43-59-14/h23,25,27,29,31,33,35,37,39,41H,15-22,24,26,28,30,32,34,36,38,40,42-43H2,1-14H3/b45-25+,46-27+,47-29+,48-31+,49-33+,50-35+,51-37+,52-39+. The molecule has 0 aromatic heterocycles. The molecule has 0 atom stereocenters. The number of methoxy groups -OCH3 is 2. The van der Waals surface area contributed by atoms with E-state index >= 15 is 0 Å². The van der Waals surface area contributed by atoms with Gasteiger partial charge in [0.15, 0.2) is 13.6 Å². The Kier molecular flexibility index (Phi) is 30.8. The summed E-state index contributed by atoms with van der Waals surface area (Å²) in [5.41, 5.74) is 16.6. The monoisotopic (exact) mass is 839 g/mol. The van der Waals surface area contributed by atoms with Crippen LogP contribution in [0.3, 0.4) is 0 Å². The third kappa shape index (κ3) is 27.9. The highest BCUT2D eigenvalue weighted by atomic mass is 16.7. The topological polar surface area (TPSA) is 36.9 Å². The molecule has 1 aromatic carbocycles. The largest absolute Gasteiger partial charge is 0.467 e. The van der Waals surface area contributed by atoms with E-state index in [2.05, 4.69) is 144 Å². The average molecular weight is 839 g/mol. The van der Waals surface area contributed by atoms with Crippen LogP contribution in [-0.2, 0) is 15.9 Å². The highest BCUT2D eigenvalue weighted by molar-refractivity contribution is 5.53. The fraction of sp³-hybridized carbons (Fsp3) is 0.579. The molecule has 1 aromatic rings. The molecule has 0 unspecified atom stereocenters. The van der Waals surface area contributed by atoms with Crippen LogP contribution >= 0.6 is 0 Å². The van der Waals surface area contributed by atoms with Crippen molar-refractivity contribution >= 4 is 0 Å². The van der Waals surface area contributed by atoms with E-state index < -0.39 is 0 Å². The van der Waals surface area contributed by atoms with Gasteiger partial charge in [0.2, 0.25) is 0 Å². The third-order valence-electron chi connectivity index (χ3n) is 11.5. The fourth-order valence-electron chi connectivity index (χ4n) is 7.18. The number of rotatable bonds is 32. The lowest BCUT2D eigenvalue weighted by molar-refractivity contribution is 0.0470. The van der Waals surface area contributed by atoms with Gasteiger partial charge in [0.05, 0.1) is 0 Å². The first-order valence-corrected chi connectivity index (χ1v) is 23.4. The fourth-order valence-corrected chi connectivity index (χ4v) is 7.18. The summed E-state index contributed by atoms with van der Waals surface area (Å²) in [6.07, 6.45) is 40.8. The summed E-state index contributed by atoms with van der Waals surface area (Å²) in [5.74, 6) is 1.71. The molecule has 342 valence electrons. The molecule has 0 aliphatic heterocycles. The van der Waals surface area contributed by atoms with E-state index in [9.17, 15) is 0 Å². The first-order valence-electron chi connectivity index (χ1n) is 23.4. The lowest BCUT2D eigenvalue weighted by Gasteiger charge is -2.18. The first kappa shape index (κ1) is 55.4. The molecule has 0 saturated heterocycles. The Morgan fingerprint density at radius 3 is 1.00 bits per heavy atom. The second-order valence-electron chi connectivity index (χ2n) is 17.9. The summed E-state index contributed by atoms with van der Waals surface area (Å²) in [4.78, 5) is 0. The van der Waals surface area contributed by atoms with Gasteiger partial charge in [-0.25, -0.2) is 0 Å². The summed E-state index contributed by atoms with van der Waals surface area (Å²) in [5, 5.41) is 0. The Labute approximate surface area is 376 Å². The van der Waals surface area contributed by atoms with Crippen molar-refractivity contribution in [3.05, 3.63) is 128 Å². The number of ether oxygens (including phenoxy) is 4. The summed E-state index contributed by atoms with van der Waals surface area (Å²) >= 11 is 0. The van der Waals surface area contributed by atoms with Gasteiger partial charge in [-0.05, 0) is 209 Å². The predicted octanol–water partition coefficient (Wildman–Crippen LogP) is 17.6. The highest BCUT2D eigenvalue weighted by Crippen LogP contribution is 2.34. The minimum absolute atomic E-state index is 0.219. The van der Waals surface area contributed by atoms with Crippen molar-refractivity contribution in [1.29, 1.82) is 0 Å². The van der Waals surface area contributed by atoms with Crippen molar-refractivity contribution in [2.75, 3.05) is 27.8 Å². The Bertz CT molecular complexity index is 1700. The SMILES string of the molecule is COCOc1cc(C/C=C(\C)CC/C=C(\C)CC/C=C(\C)CC/C=C(\C)CC/C=C(\C)CC/C=C(\C)CC/C=C(\C)CC/C=C(\C)CCC=C(C)C)c(OCOC)c(C)c1C. The third-order valence-corrected chi connectivity index (χ3v) is 11.5. The Morgan fingerprint density at radius 2 is 0.689 bits per heavy atom. The van der Waals surface area contributed by atoms with Crippen molar-refractivity contribution in [2.45, 2.75) is 192 Å². The summed E-state index contributed by atoms with van der Waals surface area (Å²) in [7, 11) is 3.29. The molecule has 61 heavy (non-hydrogen) atoms. The lowest BCUT2D eigenvalue weighted by Crippen LogP contribution is -2.07. The van der Waals surface area contributed by atoms with E-state index in [-0.39, 0.29) is 13.6 Å². The second-order valence-corrected chi connectivity index (χ2v) is 17.9. The molecule has 0 spiro atoms. The van der Waals surface area contributed by atoms with Gasteiger partial charge in [-0.15, -0.1) is 0 Å². The van der Waals surface area contributed by atoms with E-state index in [4.69, 9.17) is 18.9 Å². The Balaban J connectivity index is 2.38. The van der Waals surface area contributed by atoms with E-state index in [1.807, 2.05) is 0 Å². The van der Waals surface area contributed by atoms with Gasteiger partial charge in [0.25, 0.3) is 0 Å². The van der Waals surface area contributed by atoms with Crippen LogP contribution < -0.4 is 9.47 Å². The molecule has 1 rings (SSSR count). The number of benzene rings is 1. The van der Waals surface area contributed by atoms with Crippen molar-refractivity contribution in [1.82, 2.24) is 0 Å². The predicted molar refractivity (Wildman–Crippen MR) is 268 cm³/mol. The lowest BCUT2D eigenvalue weighted by atomic mass is 9.99. The van der Waals surface area contributed by atoms with Crippen LogP contribution in [0.4, 0.5) is 0 Å². The van der Waals surface area contributed by atoms with Crippen molar-refractivity contribution in [3.63, 3.8) is 0 Å². The van der Waals surface area contributed by atoms with Crippen molar-refractivity contribution in [3.8, 4) is 11.5 Å². The Morgan fingerprint density at radius 1 is 0.393 bits per heavy atom. The second kappa shape index (κ2) is 34.0. The van der Waals surface area contributed by atoms with Gasteiger partial charge in [0.1, 0.15) is 11.5 Å². The molecule has 0 saturated carbocycles. The van der Waals surface area contributed by atoms with Crippen LogP contribution in [-0.4, -0.2) is 27.8 Å². The quantitative estimate of drug-likeness (QED) is 0.0535. The molecular weight excluding hydrogens is 749 g/mol. The molecule has 0 fully saturated rings. The van der Waals surface area contributed by atoms with Crippen LogP contribution in [0.1, 0.15) is 189 Å². The zero-order valence-corrected chi connectivity index (χ0v) is 41.8. The molecule has 0 heterocycles. The number of hydrogen-bond acceptors (Lipinski definition) is 4. The van der Waals surface area contributed by atoms with Crippen LogP contribution in [0.15, 0.2) is 111 Å². The summed E-state index contributed by atoms with van der Waals surface area (Å²) < 4.78 is 22.2. The van der Waals surface area contributed by atoms with E-state index in [1.165, 1.54) is 75.8 Å². The summed E-state index contributed by atoms with van der Waals surface area (Å²) in [6.45, 7) is 27.2. The number of hydrogen-bond donors (Lipinski definition) is 0. The minimum atomic E-state index is 0.219. The minimum Gasteiger partial charge on any atom is -0.467 e. The zero-order valence-electron chi connectivity index (χ0n) is 41.8. The molecule has 4 nitrogen and oxygen atoms in total. The van der Waals surface area contributed by atoms with E-state index in [0.29, 0.717) is 0 Å². The molecule has 0 aliphatic rings. The Hall–Kier alpha value is -3.60. The molecular formula is C57H90O4. The normalized spacial score (nSPS) is 13.9. The molecule has 0 N–H and O–H groups in total. The van der Waals surface area contributed by atoms with Crippen molar-refractivity contribution < 1.29 is 18.9 Å². The van der Waals surface area contributed by atoms with Crippen LogP contribution in [0.5, 0.6) is 11.5 Å². The van der Waals surface area contributed by atoms with Crippen LogP contribution in [0.25, 0.3) is 0 Å². The molecule has 0 aliphatic carbocycles. The van der Waals surface area contributed by atoms with Gasteiger partial charge in [-0.2, -0.15) is 0 Å². The van der Waals surface area contributed by atoms with E-state index in [1.54, 1.807) is 14.2 Å². The molecule has 0 bridgehead atoms. The maximum atomic E-state index is 5.99. The zero-order chi connectivity index (χ0) is 45.4. The molecule has 0 radical (unpaired) electrons. The average Bonchev–Trinajstić information content (AvgIpc) is 3.20. The van der Waals surface area contributed by atoms with Gasteiger partial charge in [0, 0.05) is 19.8 Å². The maximum Gasteiger partial charge on any atom is 0.188 e. The van der Waals surface area contributed by atoms with Crippen LogP contribution in [0.2, 0.25) is 0 Å². The van der Waals surface area contributed by atoms with E-state index in [0.717, 1.165) is 112 Å².